The lowest BCUT2D eigenvalue weighted by Crippen LogP contribution is -2.12. The van der Waals surface area contributed by atoms with E-state index in [1.807, 2.05) is 120 Å². The van der Waals surface area contributed by atoms with E-state index in [1.165, 1.54) is 6.07 Å². The molecule has 12 rings (SSSR count). The molecule has 0 bridgehead atoms. The van der Waals surface area contributed by atoms with Gasteiger partial charge in [0, 0.05) is 32.7 Å². The van der Waals surface area contributed by atoms with Gasteiger partial charge in [0.2, 0.25) is 0 Å². The second kappa shape index (κ2) is 17.5. The van der Waals surface area contributed by atoms with Crippen LogP contribution in [0.1, 0.15) is 27.8 Å². The van der Waals surface area contributed by atoms with E-state index in [0.29, 0.717) is 67.6 Å². The highest BCUT2D eigenvalue weighted by atomic mass is 19.4. The van der Waals surface area contributed by atoms with E-state index in [9.17, 15) is 31.6 Å². The van der Waals surface area contributed by atoms with Gasteiger partial charge >= 0.3 is 12.4 Å². The van der Waals surface area contributed by atoms with Gasteiger partial charge < -0.3 is 9.13 Å². The first kappa shape index (κ1) is 45.8. The number of aryl methyl sites for hydroxylation is 2. The van der Waals surface area contributed by atoms with Gasteiger partial charge in [0.25, 0.3) is 0 Å². The highest BCUT2D eigenvalue weighted by Gasteiger charge is 2.38. The van der Waals surface area contributed by atoms with Gasteiger partial charge in [0.05, 0.1) is 73.2 Å². The van der Waals surface area contributed by atoms with Crippen molar-refractivity contribution in [3.63, 3.8) is 0 Å². The number of nitriles is 1. The summed E-state index contributed by atoms with van der Waals surface area (Å²) in [6.07, 6.45) is -10.1. The van der Waals surface area contributed by atoms with Gasteiger partial charge in [-0.05, 0) is 108 Å². The molecule has 0 N–H and O–H groups in total. The van der Waals surface area contributed by atoms with Crippen LogP contribution < -0.4 is 0 Å². The number of rotatable bonds is 7. The predicted octanol–water partition coefficient (Wildman–Crippen LogP) is 17.5. The summed E-state index contributed by atoms with van der Waals surface area (Å²) in [4.78, 5) is 10.8. The summed E-state index contributed by atoms with van der Waals surface area (Å²) in [5, 5.41) is 14.2. The van der Waals surface area contributed by atoms with Gasteiger partial charge in [0.1, 0.15) is 0 Å². The van der Waals surface area contributed by atoms with Crippen molar-refractivity contribution in [1.82, 2.24) is 19.1 Å². The third-order valence-corrected chi connectivity index (χ3v) is 13.8. The number of halogens is 6. The van der Waals surface area contributed by atoms with Crippen LogP contribution in [-0.4, -0.2) is 19.1 Å². The lowest BCUT2D eigenvalue weighted by atomic mass is 9.95. The Balaban J connectivity index is 1.20. The number of para-hydroxylation sites is 2. The number of hydrogen-bond acceptors (Lipinski definition) is 3. The zero-order chi connectivity index (χ0) is 51.0. The van der Waals surface area contributed by atoms with E-state index in [1.54, 1.807) is 18.2 Å². The fourth-order valence-corrected chi connectivity index (χ4v) is 10.5. The number of alkyl halides is 6. The Morgan fingerprint density at radius 2 is 0.919 bits per heavy atom. The minimum Gasteiger partial charge on any atom is -0.308 e. The van der Waals surface area contributed by atoms with Gasteiger partial charge in [-0.1, -0.05) is 139 Å². The minimum absolute atomic E-state index is 0.0741. The van der Waals surface area contributed by atoms with Gasteiger partial charge in [-0.3, -0.25) is 0 Å². The van der Waals surface area contributed by atoms with Crippen LogP contribution >= 0.6 is 0 Å². The van der Waals surface area contributed by atoms with Gasteiger partial charge in [-0.25, -0.2) is 9.97 Å². The molecule has 0 saturated heterocycles. The molecule has 0 atom stereocenters. The molecule has 358 valence electrons. The van der Waals surface area contributed by atoms with Crippen LogP contribution in [0.15, 0.2) is 200 Å². The Hall–Kier alpha value is -9.27. The second-order valence-corrected chi connectivity index (χ2v) is 18.4. The molecule has 11 heteroatoms. The maximum absolute atomic E-state index is 14.7. The van der Waals surface area contributed by atoms with Gasteiger partial charge in [-0.2, -0.15) is 31.6 Å². The molecule has 0 amide bonds. The smallest absolute Gasteiger partial charge is 0.308 e. The molecule has 3 aromatic heterocycles. The number of benzene rings is 9. The molecule has 0 saturated carbocycles. The van der Waals surface area contributed by atoms with Crippen LogP contribution in [0.5, 0.6) is 0 Å². The zero-order valence-corrected chi connectivity index (χ0v) is 39.6. The summed E-state index contributed by atoms with van der Waals surface area (Å²) in [6, 6.07) is 62.4. The second-order valence-electron chi connectivity index (χ2n) is 18.4. The first-order valence-corrected chi connectivity index (χ1v) is 23.8. The minimum atomic E-state index is -5.09. The zero-order valence-electron chi connectivity index (χ0n) is 39.6. The van der Waals surface area contributed by atoms with Crippen molar-refractivity contribution < 1.29 is 26.3 Å². The highest BCUT2D eigenvalue weighted by molar-refractivity contribution is 6.13. The van der Waals surface area contributed by atoms with Crippen LogP contribution in [0, 0.1) is 25.2 Å². The summed E-state index contributed by atoms with van der Waals surface area (Å²) >= 11 is 0. The van der Waals surface area contributed by atoms with Crippen molar-refractivity contribution >= 4 is 43.6 Å². The molecule has 0 radical (unpaired) electrons. The maximum atomic E-state index is 14.7. The summed E-state index contributed by atoms with van der Waals surface area (Å²) < 4.78 is 89.8. The van der Waals surface area contributed by atoms with E-state index < -0.39 is 29.0 Å². The summed E-state index contributed by atoms with van der Waals surface area (Å²) in [5.74, 6) is 0.333. The first-order valence-electron chi connectivity index (χ1n) is 23.8. The van der Waals surface area contributed by atoms with E-state index in [0.717, 1.165) is 61.3 Å². The van der Waals surface area contributed by atoms with Crippen LogP contribution in [0.2, 0.25) is 0 Å². The summed E-state index contributed by atoms with van der Waals surface area (Å²) in [6.45, 7) is 4.18. The van der Waals surface area contributed by atoms with Crippen molar-refractivity contribution in [3.8, 4) is 73.6 Å². The fourth-order valence-electron chi connectivity index (χ4n) is 10.5. The molecule has 0 fully saturated rings. The molecule has 74 heavy (non-hydrogen) atoms. The van der Waals surface area contributed by atoms with Crippen molar-refractivity contribution in [2.75, 3.05) is 0 Å². The topological polar surface area (TPSA) is 59.4 Å². The van der Waals surface area contributed by atoms with Gasteiger partial charge in [-0.15, -0.1) is 0 Å². The summed E-state index contributed by atoms with van der Waals surface area (Å²) in [7, 11) is 0. The quantitative estimate of drug-likeness (QED) is 0.150. The third-order valence-electron chi connectivity index (χ3n) is 13.8. The molecular weight excluding hydrogens is 941 g/mol. The molecule has 0 unspecified atom stereocenters. The van der Waals surface area contributed by atoms with E-state index in [2.05, 4.69) is 66.9 Å². The van der Waals surface area contributed by atoms with Crippen molar-refractivity contribution in [1.29, 1.82) is 5.26 Å². The molecule has 3 heterocycles. The normalized spacial score (nSPS) is 12.0. The molecule has 5 nitrogen and oxygen atoms in total. The van der Waals surface area contributed by atoms with E-state index in [4.69, 9.17) is 9.97 Å². The molecule has 0 aliphatic carbocycles. The number of fused-ring (bicyclic) bond motifs is 6. The number of nitrogens with zero attached hydrogens (tertiary/aromatic N) is 5. The first-order chi connectivity index (χ1) is 35.7. The standard InChI is InChI=1S/C63H39F6N5/c1-37-21-25-45(38(2)29-37)42-22-27-56-49(32-42)47-17-9-11-19-54(47)73(56)58-30-39(36-70)31-59(60(58)61-71-52(40-13-5-3-6-14-40)35-53(72-61)41-15-7-4-8-16-41)74-55-20-12-10-18-48(55)50-33-43(23-28-57(50)74)46-26-24-44(62(64,65)66)34-51(46)63(67,68)69/h3-35H,1-2H3. The van der Waals surface area contributed by atoms with Crippen LogP contribution in [-0.2, 0) is 12.4 Å². The molecular formula is C63H39F6N5. The van der Waals surface area contributed by atoms with Crippen LogP contribution in [0.4, 0.5) is 26.3 Å². The lowest BCUT2D eigenvalue weighted by molar-refractivity contribution is -0.142. The molecule has 9 aromatic carbocycles. The van der Waals surface area contributed by atoms with Crippen LogP contribution in [0.3, 0.4) is 0 Å². The number of aromatic nitrogens is 4. The number of hydrogen-bond donors (Lipinski definition) is 0. The maximum Gasteiger partial charge on any atom is 0.417 e. The van der Waals surface area contributed by atoms with Crippen molar-refractivity contribution in [2.24, 2.45) is 0 Å². The average molecular weight is 980 g/mol. The lowest BCUT2D eigenvalue weighted by Gasteiger charge is -2.21. The Morgan fingerprint density at radius 3 is 1.42 bits per heavy atom. The Kier molecular flexibility index (Phi) is 10.8. The highest BCUT2D eigenvalue weighted by Crippen LogP contribution is 2.46. The predicted molar refractivity (Wildman–Crippen MR) is 282 cm³/mol. The fraction of sp³-hybridized carbons (Fsp3) is 0.0635. The molecule has 12 aromatic rings. The molecule has 0 aliphatic rings. The van der Waals surface area contributed by atoms with E-state index in [-0.39, 0.29) is 11.6 Å². The molecule has 0 spiro atoms. The van der Waals surface area contributed by atoms with E-state index >= 15 is 0 Å². The Morgan fingerprint density at radius 1 is 0.432 bits per heavy atom. The summed E-state index contributed by atoms with van der Waals surface area (Å²) in [5.41, 5.74) is 9.15. The third kappa shape index (κ3) is 7.83. The van der Waals surface area contributed by atoms with Crippen molar-refractivity contribution in [3.05, 3.63) is 228 Å². The largest absolute Gasteiger partial charge is 0.417 e. The Bertz CT molecular complexity index is 4200. The van der Waals surface area contributed by atoms with Crippen molar-refractivity contribution in [2.45, 2.75) is 26.2 Å². The molecule has 0 aliphatic heterocycles. The van der Waals surface area contributed by atoms with Crippen LogP contribution in [0.25, 0.3) is 111 Å². The SMILES string of the molecule is Cc1ccc(-c2ccc3c(c2)c2ccccc2n3-c2cc(C#N)cc(-n3c4ccccc4c4cc(-c5ccc(C(F)(F)F)cc5C(F)(F)F)ccc43)c2-c2nc(-c3ccccc3)cc(-c3ccccc3)n2)c(C)c1. The average Bonchev–Trinajstić information content (AvgIpc) is 3.92. The monoisotopic (exact) mass is 979 g/mol. The Labute approximate surface area is 420 Å². The van der Waals surface area contributed by atoms with Gasteiger partial charge in [0.15, 0.2) is 5.82 Å².